The van der Waals surface area contributed by atoms with Gasteiger partial charge in [0.2, 0.25) is 0 Å². The molecule has 0 saturated carbocycles. The SMILES string of the molecule is COc1ccccc1NC(=O)N1CCCC1c1ccc(F)cc1. The molecule has 1 aliphatic heterocycles. The van der Waals surface area contributed by atoms with Crippen LogP contribution in [0.15, 0.2) is 48.5 Å². The van der Waals surface area contributed by atoms with Crippen molar-refractivity contribution in [2.45, 2.75) is 18.9 Å². The topological polar surface area (TPSA) is 41.6 Å². The number of likely N-dealkylation sites (tertiary alicyclic amines) is 1. The van der Waals surface area contributed by atoms with E-state index in [-0.39, 0.29) is 17.9 Å². The summed E-state index contributed by atoms with van der Waals surface area (Å²) >= 11 is 0. The Morgan fingerprint density at radius 1 is 1.22 bits per heavy atom. The lowest BCUT2D eigenvalue weighted by Crippen LogP contribution is -2.34. The highest BCUT2D eigenvalue weighted by Gasteiger charge is 2.30. The molecule has 1 unspecified atom stereocenters. The Balaban J connectivity index is 1.77. The number of carbonyl (C=O) groups excluding carboxylic acids is 1. The summed E-state index contributed by atoms with van der Waals surface area (Å²) in [6, 6.07) is 13.5. The number of carbonyl (C=O) groups is 1. The third-order valence-corrected chi connectivity index (χ3v) is 4.12. The predicted molar refractivity (Wildman–Crippen MR) is 87.1 cm³/mol. The van der Waals surface area contributed by atoms with E-state index in [1.54, 1.807) is 36.3 Å². The number of methoxy groups -OCH3 is 1. The molecular weight excluding hydrogens is 295 g/mol. The third kappa shape index (κ3) is 3.28. The number of anilines is 1. The molecule has 3 rings (SSSR count). The van der Waals surface area contributed by atoms with Crippen molar-refractivity contribution < 1.29 is 13.9 Å². The number of hydrogen-bond acceptors (Lipinski definition) is 2. The van der Waals surface area contributed by atoms with E-state index in [9.17, 15) is 9.18 Å². The molecule has 1 fully saturated rings. The van der Waals surface area contributed by atoms with Crippen LogP contribution in [0.2, 0.25) is 0 Å². The van der Waals surface area contributed by atoms with Gasteiger partial charge in [-0.1, -0.05) is 24.3 Å². The molecule has 1 N–H and O–H groups in total. The Morgan fingerprint density at radius 3 is 2.70 bits per heavy atom. The largest absolute Gasteiger partial charge is 0.495 e. The lowest BCUT2D eigenvalue weighted by Gasteiger charge is -2.25. The van der Waals surface area contributed by atoms with E-state index in [0.717, 1.165) is 18.4 Å². The second kappa shape index (κ2) is 6.69. The summed E-state index contributed by atoms with van der Waals surface area (Å²) in [6.45, 7) is 0.684. The standard InChI is InChI=1S/C18H19FN2O2/c1-23-17-7-3-2-5-15(17)20-18(22)21-12-4-6-16(21)13-8-10-14(19)11-9-13/h2-3,5,7-11,16H,4,6,12H2,1H3,(H,20,22). The summed E-state index contributed by atoms with van der Waals surface area (Å²) in [7, 11) is 1.57. The molecule has 0 bridgehead atoms. The number of hydrogen-bond donors (Lipinski definition) is 1. The molecule has 1 aliphatic rings. The monoisotopic (exact) mass is 314 g/mol. The Hall–Kier alpha value is -2.56. The summed E-state index contributed by atoms with van der Waals surface area (Å²) < 4.78 is 18.4. The molecule has 2 amide bonds. The van der Waals surface area contributed by atoms with Crippen molar-refractivity contribution in [1.29, 1.82) is 0 Å². The summed E-state index contributed by atoms with van der Waals surface area (Å²) in [5.41, 5.74) is 1.60. The van der Waals surface area contributed by atoms with Crippen molar-refractivity contribution in [3.63, 3.8) is 0 Å². The van der Waals surface area contributed by atoms with E-state index in [0.29, 0.717) is 18.0 Å². The summed E-state index contributed by atoms with van der Waals surface area (Å²) in [6.07, 6.45) is 1.81. The van der Waals surface area contributed by atoms with Crippen molar-refractivity contribution in [1.82, 2.24) is 4.90 Å². The number of nitrogens with one attached hydrogen (secondary N) is 1. The lowest BCUT2D eigenvalue weighted by atomic mass is 10.0. The fraction of sp³-hybridized carbons (Fsp3) is 0.278. The van der Waals surface area contributed by atoms with Crippen molar-refractivity contribution in [3.8, 4) is 5.75 Å². The van der Waals surface area contributed by atoms with Gasteiger partial charge in [0.15, 0.2) is 0 Å². The Bertz CT molecular complexity index is 688. The van der Waals surface area contributed by atoms with Gasteiger partial charge in [-0.05, 0) is 42.7 Å². The van der Waals surface area contributed by atoms with Crippen LogP contribution in [0.5, 0.6) is 5.75 Å². The van der Waals surface area contributed by atoms with Gasteiger partial charge in [0, 0.05) is 6.54 Å². The second-order valence-corrected chi connectivity index (χ2v) is 5.53. The van der Waals surface area contributed by atoms with E-state index >= 15 is 0 Å². The Kier molecular flexibility index (Phi) is 4.46. The van der Waals surface area contributed by atoms with E-state index < -0.39 is 0 Å². The molecule has 1 heterocycles. The van der Waals surface area contributed by atoms with Crippen LogP contribution in [0.4, 0.5) is 14.9 Å². The maximum atomic E-state index is 13.1. The van der Waals surface area contributed by atoms with Gasteiger partial charge in [-0.2, -0.15) is 0 Å². The fourth-order valence-electron chi connectivity index (χ4n) is 2.98. The number of ether oxygens (including phenoxy) is 1. The molecule has 0 aromatic heterocycles. The van der Waals surface area contributed by atoms with E-state index in [2.05, 4.69) is 5.32 Å². The van der Waals surface area contributed by atoms with Gasteiger partial charge in [-0.25, -0.2) is 9.18 Å². The van der Waals surface area contributed by atoms with Gasteiger partial charge in [0.1, 0.15) is 11.6 Å². The zero-order chi connectivity index (χ0) is 16.2. The summed E-state index contributed by atoms with van der Waals surface area (Å²) in [5.74, 6) is 0.357. The maximum absolute atomic E-state index is 13.1. The van der Waals surface area contributed by atoms with Crippen molar-refractivity contribution >= 4 is 11.7 Å². The van der Waals surface area contributed by atoms with Gasteiger partial charge in [0.05, 0.1) is 18.8 Å². The fourth-order valence-corrected chi connectivity index (χ4v) is 2.98. The first-order chi connectivity index (χ1) is 11.2. The van der Waals surface area contributed by atoms with Crippen LogP contribution in [0.1, 0.15) is 24.4 Å². The average molecular weight is 314 g/mol. The average Bonchev–Trinajstić information content (AvgIpc) is 3.06. The molecule has 0 aliphatic carbocycles. The highest BCUT2D eigenvalue weighted by molar-refractivity contribution is 5.91. The van der Waals surface area contributed by atoms with Crippen LogP contribution >= 0.6 is 0 Å². The summed E-state index contributed by atoms with van der Waals surface area (Å²) in [4.78, 5) is 14.4. The molecule has 2 aromatic rings. The maximum Gasteiger partial charge on any atom is 0.322 e. The molecule has 5 heteroatoms. The van der Waals surface area contributed by atoms with Crippen LogP contribution in [0.3, 0.4) is 0 Å². The number of para-hydroxylation sites is 2. The smallest absolute Gasteiger partial charge is 0.322 e. The number of nitrogens with zero attached hydrogens (tertiary/aromatic N) is 1. The summed E-state index contributed by atoms with van der Waals surface area (Å²) in [5, 5.41) is 2.90. The second-order valence-electron chi connectivity index (χ2n) is 5.53. The number of halogens is 1. The highest BCUT2D eigenvalue weighted by Crippen LogP contribution is 2.33. The number of amides is 2. The Morgan fingerprint density at radius 2 is 1.96 bits per heavy atom. The van der Waals surface area contributed by atoms with Gasteiger partial charge < -0.3 is 15.0 Å². The molecule has 23 heavy (non-hydrogen) atoms. The molecule has 2 aromatic carbocycles. The normalized spacial score (nSPS) is 17.1. The van der Waals surface area contributed by atoms with Gasteiger partial charge in [-0.15, -0.1) is 0 Å². The minimum absolute atomic E-state index is 0.0229. The van der Waals surface area contributed by atoms with Crippen LogP contribution < -0.4 is 10.1 Å². The molecule has 120 valence electrons. The zero-order valence-corrected chi connectivity index (χ0v) is 13.0. The van der Waals surface area contributed by atoms with E-state index in [1.165, 1.54) is 12.1 Å². The number of benzene rings is 2. The van der Waals surface area contributed by atoms with Crippen molar-refractivity contribution in [3.05, 3.63) is 59.9 Å². The Labute approximate surface area is 134 Å². The highest BCUT2D eigenvalue weighted by atomic mass is 19.1. The molecule has 0 radical (unpaired) electrons. The molecule has 4 nitrogen and oxygen atoms in total. The minimum Gasteiger partial charge on any atom is -0.495 e. The first-order valence-electron chi connectivity index (χ1n) is 7.65. The molecular formula is C18H19FN2O2. The van der Waals surface area contributed by atoms with Crippen LogP contribution in [0.25, 0.3) is 0 Å². The minimum atomic E-state index is -0.267. The first kappa shape index (κ1) is 15.3. The van der Waals surface area contributed by atoms with Crippen molar-refractivity contribution in [2.24, 2.45) is 0 Å². The van der Waals surface area contributed by atoms with Gasteiger partial charge in [-0.3, -0.25) is 0 Å². The predicted octanol–water partition coefficient (Wildman–Crippen LogP) is 4.20. The molecule has 1 atom stereocenters. The zero-order valence-electron chi connectivity index (χ0n) is 13.0. The lowest BCUT2D eigenvalue weighted by molar-refractivity contribution is 0.207. The van der Waals surface area contributed by atoms with E-state index in [4.69, 9.17) is 4.74 Å². The third-order valence-electron chi connectivity index (χ3n) is 4.12. The van der Waals surface area contributed by atoms with Crippen molar-refractivity contribution in [2.75, 3.05) is 19.0 Å². The molecule has 0 spiro atoms. The number of rotatable bonds is 3. The first-order valence-corrected chi connectivity index (χ1v) is 7.65. The van der Waals surface area contributed by atoms with Gasteiger partial charge in [0.25, 0.3) is 0 Å². The molecule has 1 saturated heterocycles. The van der Waals surface area contributed by atoms with E-state index in [1.807, 2.05) is 12.1 Å². The van der Waals surface area contributed by atoms with Crippen LogP contribution in [-0.4, -0.2) is 24.6 Å². The quantitative estimate of drug-likeness (QED) is 0.922. The van der Waals surface area contributed by atoms with Gasteiger partial charge >= 0.3 is 6.03 Å². The van der Waals surface area contributed by atoms with Crippen LogP contribution in [-0.2, 0) is 0 Å². The van der Waals surface area contributed by atoms with Crippen LogP contribution in [0, 0.1) is 5.82 Å². The number of urea groups is 1.